The number of nitrogens with one attached hydrogen (secondary N) is 1. The van der Waals surface area contributed by atoms with Gasteiger partial charge >= 0.3 is 0 Å². The predicted octanol–water partition coefficient (Wildman–Crippen LogP) is 1.44. The first-order valence-corrected chi connectivity index (χ1v) is 6.02. The van der Waals surface area contributed by atoms with Crippen molar-refractivity contribution in [2.75, 3.05) is 30.4 Å². The van der Waals surface area contributed by atoms with Crippen LogP contribution in [0.25, 0.3) is 0 Å². The molecule has 1 aromatic rings. The summed E-state index contributed by atoms with van der Waals surface area (Å²) >= 11 is 0. The normalized spacial score (nSPS) is 24.8. The highest BCUT2D eigenvalue weighted by molar-refractivity contribution is 5.45. The second kappa shape index (κ2) is 4.87. The zero-order valence-corrected chi connectivity index (χ0v) is 10.9. The number of ether oxygens (including phenoxy) is 1. The molecule has 1 aliphatic heterocycles. The van der Waals surface area contributed by atoms with Crippen LogP contribution in [0.3, 0.4) is 0 Å². The van der Waals surface area contributed by atoms with Crippen LogP contribution in [0.2, 0.25) is 0 Å². The summed E-state index contributed by atoms with van der Waals surface area (Å²) < 4.78 is 5.72. The summed E-state index contributed by atoms with van der Waals surface area (Å²) in [6.45, 7) is 7.93. The summed E-state index contributed by atoms with van der Waals surface area (Å²) in [5.41, 5.74) is 0.978. The Morgan fingerprint density at radius 1 is 1.29 bits per heavy atom. The molecule has 1 aliphatic rings. The maximum atomic E-state index is 5.72. The summed E-state index contributed by atoms with van der Waals surface area (Å²) in [6, 6.07) is 2.02. The van der Waals surface area contributed by atoms with Crippen LogP contribution in [0.5, 0.6) is 0 Å². The molecule has 1 aromatic heterocycles. The maximum absolute atomic E-state index is 5.72. The Hall–Kier alpha value is -1.36. The highest BCUT2D eigenvalue weighted by Crippen LogP contribution is 2.20. The fourth-order valence-electron chi connectivity index (χ4n) is 2.19. The summed E-state index contributed by atoms with van der Waals surface area (Å²) in [6.07, 6.45) is 0.485. The molecule has 0 radical (unpaired) electrons. The lowest BCUT2D eigenvalue weighted by Crippen LogP contribution is -2.45. The van der Waals surface area contributed by atoms with Crippen molar-refractivity contribution in [1.82, 2.24) is 9.97 Å². The number of morpholine rings is 1. The number of hydrogen-bond donors (Lipinski definition) is 1. The highest BCUT2D eigenvalue weighted by atomic mass is 16.5. The lowest BCUT2D eigenvalue weighted by Gasteiger charge is -2.36. The van der Waals surface area contributed by atoms with E-state index in [4.69, 9.17) is 4.74 Å². The number of rotatable bonds is 2. The van der Waals surface area contributed by atoms with Crippen molar-refractivity contribution in [1.29, 1.82) is 0 Å². The minimum atomic E-state index is 0.243. The van der Waals surface area contributed by atoms with Crippen LogP contribution < -0.4 is 10.2 Å². The first-order valence-electron chi connectivity index (χ1n) is 6.02. The minimum absolute atomic E-state index is 0.243. The van der Waals surface area contributed by atoms with Crippen LogP contribution in [0, 0.1) is 6.92 Å². The van der Waals surface area contributed by atoms with Crippen molar-refractivity contribution in [3.8, 4) is 0 Å². The molecule has 0 aromatic carbocycles. The summed E-state index contributed by atoms with van der Waals surface area (Å²) in [7, 11) is 1.84. The molecule has 1 fully saturated rings. The lowest BCUT2D eigenvalue weighted by molar-refractivity contribution is -0.00546. The second-order valence-corrected chi connectivity index (χ2v) is 4.60. The van der Waals surface area contributed by atoms with E-state index in [-0.39, 0.29) is 12.2 Å². The fraction of sp³-hybridized carbons (Fsp3) is 0.667. The van der Waals surface area contributed by atoms with Gasteiger partial charge < -0.3 is 15.0 Å². The molecule has 17 heavy (non-hydrogen) atoms. The van der Waals surface area contributed by atoms with Crippen molar-refractivity contribution in [3.05, 3.63) is 11.8 Å². The Kier molecular flexibility index (Phi) is 3.47. The third kappa shape index (κ3) is 2.85. The number of nitrogens with zero attached hydrogens (tertiary/aromatic N) is 3. The van der Waals surface area contributed by atoms with Gasteiger partial charge in [0.25, 0.3) is 0 Å². The summed E-state index contributed by atoms with van der Waals surface area (Å²) in [4.78, 5) is 11.1. The Labute approximate surface area is 102 Å². The van der Waals surface area contributed by atoms with Gasteiger partial charge in [-0.2, -0.15) is 4.98 Å². The predicted molar refractivity (Wildman–Crippen MR) is 68.5 cm³/mol. The van der Waals surface area contributed by atoms with Gasteiger partial charge in [-0.05, 0) is 20.8 Å². The first-order chi connectivity index (χ1) is 8.08. The molecule has 2 atom stereocenters. The summed E-state index contributed by atoms with van der Waals surface area (Å²) in [5.74, 6) is 1.65. The fourth-order valence-corrected chi connectivity index (χ4v) is 2.19. The molecule has 0 aliphatic carbocycles. The molecule has 0 bridgehead atoms. The van der Waals surface area contributed by atoms with Gasteiger partial charge in [0, 0.05) is 31.9 Å². The van der Waals surface area contributed by atoms with E-state index in [1.165, 1.54) is 0 Å². The third-order valence-corrected chi connectivity index (χ3v) is 2.81. The van der Waals surface area contributed by atoms with Crippen molar-refractivity contribution >= 4 is 11.8 Å². The van der Waals surface area contributed by atoms with Crippen molar-refractivity contribution in [3.63, 3.8) is 0 Å². The van der Waals surface area contributed by atoms with E-state index in [1.54, 1.807) is 0 Å². The zero-order chi connectivity index (χ0) is 12.4. The van der Waals surface area contributed by atoms with Crippen molar-refractivity contribution in [2.24, 2.45) is 0 Å². The molecule has 5 heteroatoms. The molecular weight excluding hydrogens is 216 g/mol. The van der Waals surface area contributed by atoms with Crippen LogP contribution in [0.1, 0.15) is 19.5 Å². The highest BCUT2D eigenvalue weighted by Gasteiger charge is 2.23. The molecule has 2 heterocycles. The molecule has 0 spiro atoms. The number of hydrogen-bond acceptors (Lipinski definition) is 5. The van der Waals surface area contributed by atoms with Gasteiger partial charge in [0.2, 0.25) is 5.95 Å². The van der Waals surface area contributed by atoms with Gasteiger partial charge in [-0.15, -0.1) is 0 Å². The smallest absolute Gasteiger partial charge is 0.224 e. The summed E-state index contributed by atoms with van der Waals surface area (Å²) in [5, 5.41) is 2.99. The van der Waals surface area contributed by atoms with Crippen molar-refractivity contribution < 1.29 is 4.74 Å². The Morgan fingerprint density at radius 2 is 1.94 bits per heavy atom. The van der Waals surface area contributed by atoms with E-state index in [0.717, 1.165) is 24.6 Å². The monoisotopic (exact) mass is 236 g/mol. The molecular formula is C12H20N4O. The maximum Gasteiger partial charge on any atom is 0.224 e. The van der Waals surface area contributed by atoms with Crippen LogP contribution in [-0.2, 0) is 4.74 Å². The first kappa shape index (κ1) is 12.1. The number of anilines is 2. The average Bonchev–Trinajstić information content (AvgIpc) is 2.26. The number of aryl methyl sites for hydroxylation is 1. The van der Waals surface area contributed by atoms with E-state index in [1.807, 2.05) is 20.0 Å². The van der Waals surface area contributed by atoms with Gasteiger partial charge in [0.15, 0.2) is 0 Å². The van der Waals surface area contributed by atoms with Gasteiger partial charge in [-0.25, -0.2) is 4.98 Å². The molecule has 1 N–H and O–H groups in total. The van der Waals surface area contributed by atoms with E-state index in [9.17, 15) is 0 Å². The van der Waals surface area contributed by atoms with Crippen LogP contribution in [0.4, 0.5) is 11.8 Å². The molecule has 0 amide bonds. The zero-order valence-electron chi connectivity index (χ0n) is 10.9. The van der Waals surface area contributed by atoms with Crippen LogP contribution in [-0.4, -0.2) is 42.3 Å². The van der Waals surface area contributed by atoms with Gasteiger partial charge in [-0.3, -0.25) is 0 Å². The van der Waals surface area contributed by atoms with E-state index in [2.05, 4.69) is 34.0 Å². The van der Waals surface area contributed by atoms with Crippen molar-refractivity contribution in [2.45, 2.75) is 33.0 Å². The average molecular weight is 236 g/mol. The molecule has 94 valence electrons. The quantitative estimate of drug-likeness (QED) is 0.842. The van der Waals surface area contributed by atoms with Crippen LogP contribution in [0.15, 0.2) is 6.07 Å². The Morgan fingerprint density at radius 3 is 2.53 bits per heavy atom. The van der Waals surface area contributed by atoms with E-state index >= 15 is 0 Å². The second-order valence-electron chi connectivity index (χ2n) is 4.60. The molecule has 2 rings (SSSR count). The molecule has 0 unspecified atom stereocenters. The standard InChI is InChI=1S/C12H20N4O/c1-8-5-11(15-12(13-4)14-8)16-6-9(2)17-10(3)7-16/h5,9-10H,6-7H2,1-4H3,(H,13,14,15)/t9-,10+. The van der Waals surface area contributed by atoms with E-state index in [0.29, 0.717) is 5.95 Å². The van der Waals surface area contributed by atoms with Gasteiger partial charge in [0.1, 0.15) is 5.82 Å². The Bertz CT molecular complexity index is 386. The molecule has 5 nitrogen and oxygen atoms in total. The van der Waals surface area contributed by atoms with E-state index < -0.39 is 0 Å². The van der Waals surface area contributed by atoms with Crippen LogP contribution >= 0.6 is 0 Å². The van der Waals surface area contributed by atoms with Gasteiger partial charge in [-0.1, -0.05) is 0 Å². The molecule has 0 saturated carbocycles. The molecule has 1 saturated heterocycles. The minimum Gasteiger partial charge on any atom is -0.372 e. The third-order valence-electron chi connectivity index (χ3n) is 2.81. The topological polar surface area (TPSA) is 50.3 Å². The number of aromatic nitrogens is 2. The Balaban J connectivity index is 2.23. The SMILES string of the molecule is CNc1nc(C)cc(N2C[C@@H](C)O[C@@H](C)C2)n1. The lowest BCUT2D eigenvalue weighted by atomic mass is 10.2. The largest absolute Gasteiger partial charge is 0.372 e. The van der Waals surface area contributed by atoms with Gasteiger partial charge in [0.05, 0.1) is 12.2 Å².